The van der Waals surface area contributed by atoms with E-state index in [1.54, 1.807) is 6.07 Å². The molecule has 1 aliphatic rings. The Balaban J connectivity index is 1.82. The van der Waals surface area contributed by atoms with Crippen LogP contribution in [-0.2, 0) is 21.5 Å². The molecule has 1 heterocycles. The number of nitrogens with one attached hydrogen (secondary N) is 1. The smallest absolute Gasteiger partial charge is 0.231 e. The van der Waals surface area contributed by atoms with Gasteiger partial charge in [0.2, 0.25) is 5.91 Å². The lowest BCUT2D eigenvalue weighted by Crippen LogP contribution is -2.47. The maximum absolute atomic E-state index is 13.7. The fourth-order valence-electron chi connectivity index (χ4n) is 3.15. The van der Waals surface area contributed by atoms with E-state index >= 15 is 0 Å². The summed E-state index contributed by atoms with van der Waals surface area (Å²) in [6.07, 6.45) is 1.11. The van der Waals surface area contributed by atoms with Gasteiger partial charge in [0.25, 0.3) is 0 Å². The fraction of sp³-hybridized carbons (Fsp3) is 0.316. The van der Waals surface area contributed by atoms with E-state index < -0.39 is 5.41 Å². The zero-order valence-electron chi connectivity index (χ0n) is 13.2. The molecule has 1 saturated heterocycles. The van der Waals surface area contributed by atoms with Gasteiger partial charge in [0.15, 0.2) is 0 Å². The lowest BCUT2D eigenvalue weighted by atomic mass is 9.73. The van der Waals surface area contributed by atoms with Crippen LogP contribution >= 0.6 is 15.9 Å². The summed E-state index contributed by atoms with van der Waals surface area (Å²) >= 11 is 3.43. The van der Waals surface area contributed by atoms with Crippen molar-refractivity contribution in [1.82, 2.24) is 5.32 Å². The van der Waals surface area contributed by atoms with Gasteiger partial charge >= 0.3 is 0 Å². The number of hydrogen-bond donors (Lipinski definition) is 1. The Hall–Kier alpha value is -1.72. The van der Waals surface area contributed by atoms with Gasteiger partial charge in [-0.15, -0.1) is 0 Å². The van der Waals surface area contributed by atoms with Gasteiger partial charge in [0.1, 0.15) is 5.82 Å². The van der Waals surface area contributed by atoms with Crippen LogP contribution in [0.5, 0.6) is 0 Å². The quantitative estimate of drug-likeness (QED) is 0.856. The summed E-state index contributed by atoms with van der Waals surface area (Å²) in [5.41, 5.74) is 1.00. The summed E-state index contributed by atoms with van der Waals surface area (Å²) in [5, 5.41) is 3.02. The van der Waals surface area contributed by atoms with Crippen molar-refractivity contribution in [3.8, 4) is 0 Å². The van der Waals surface area contributed by atoms with Gasteiger partial charge in [-0.3, -0.25) is 4.79 Å². The van der Waals surface area contributed by atoms with Crippen molar-refractivity contribution in [2.75, 3.05) is 13.2 Å². The van der Waals surface area contributed by atoms with Crippen LogP contribution in [-0.4, -0.2) is 19.1 Å². The van der Waals surface area contributed by atoms with Crippen molar-refractivity contribution in [2.45, 2.75) is 24.8 Å². The standard InChI is InChI=1S/C19H19BrFNO2/c20-16-5-1-3-14(11-16)13-22-18(23)19(7-9-24-10-8-19)15-4-2-6-17(21)12-15/h1-6,11-12H,7-10,13H2,(H,22,23). The Morgan fingerprint density at radius 1 is 1.17 bits per heavy atom. The van der Waals surface area contributed by atoms with Crippen LogP contribution in [0.15, 0.2) is 53.0 Å². The molecule has 5 heteroatoms. The normalized spacial score (nSPS) is 16.6. The van der Waals surface area contributed by atoms with Crippen molar-refractivity contribution in [2.24, 2.45) is 0 Å². The van der Waals surface area contributed by atoms with Crippen LogP contribution in [0.2, 0.25) is 0 Å². The molecule has 2 aromatic rings. The monoisotopic (exact) mass is 391 g/mol. The zero-order valence-corrected chi connectivity index (χ0v) is 14.8. The van der Waals surface area contributed by atoms with Crippen LogP contribution in [0.1, 0.15) is 24.0 Å². The van der Waals surface area contributed by atoms with Crippen LogP contribution in [0.25, 0.3) is 0 Å². The number of rotatable bonds is 4. The third-order valence-corrected chi connectivity index (χ3v) is 4.99. The Morgan fingerprint density at radius 3 is 2.62 bits per heavy atom. The van der Waals surface area contributed by atoms with E-state index in [0.717, 1.165) is 15.6 Å². The topological polar surface area (TPSA) is 38.3 Å². The minimum Gasteiger partial charge on any atom is -0.381 e. The van der Waals surface area contributed by atoms with Gasteiger partial charge in [-0.1, -0.05) is 40.2 Å². The second-order valence-electron chi connectivity index (χ2n) is 6.02. The zero-order chi connectivity index (χ0) is 17.0. The minimum atomic E-state index is -0.730. The maximum Gasteiger partial charge on any atom is 0.231 e. The number of carbonyl (C=O) groups excluding carboxylic acids is 1. The number of ether oxygens (including phenoxy) is 1. The van der Waals surface area contributed by atoms with Gasteiger partial charge in [-0.2, -0.15) is 0 Å². The molecule has 24 heavy (non-hydrogen) atoms. The fourth-order valence-corrected chi connectivity index (χ4v) is 3.60. The van der Waals surface area contributed by atoms with Gasteiger partial charge < -0.3 is 10.1 Å². The summed E-state index contributed by atoms with van der Waals surface area (Å²) in [5.74, 6) is -0.394. The second kappa shape index (κ2) is 7.45. The molecule has 3 rings (SSSR count). The predicted molar refractivity (Wildman–Crippen MR) is 94.1 cm³/mol. The summed E-state index contributed by atoms with van der Waals surface area (Å²) < 4.78 is 20.1. The number of amides is 1. The van der Waals surface area contributed by atoms with Crippen molar-refractivity contribution < 1.29 is 13.9 Å². The Labute approximate surface area is 149 Å². The first-order valence-electron chi connectivity index (χ1n) is 7.97. The molecule has 1 aliphatic heterocycles. The highest BCUT2D eigenvalue weighted by Crippen LogP contribution is 2.35. The second-order valence-corrected chi connectivity index (χ2v) is 6.93. The summed E-state index contributed by atoms with van der Waals surface area (Å²) in [6.45, 7) is 1.44. The van der Waals surface area contributed by atoms with E-state index in [4.69, 9.17) is 4.74 Å². The van der Waals surface area contributed by atoms with Crippen LogP contribution < -0.4 is 5.32 Å². The molecule has 0 saturated carbocycles. The van der Waals surface area contributed by atoms with Gasteiger partial charge in [0.05, 0.1) is 5.41 Å². The molecule has 1 amide bonds. The molecule has 2 aromatic carbocycles. The number of benzene rings is 2. The van der Waals surface area contributed by atoms with Crippen LogP contribution in [0, 0.1) is 5.82 Å². The van der Waals surface area contributed by atoms with E-state index in [9.17, 15) is 9.18 Å². The molecular weight excluding hydrogens is 373 g/mol. The van der Waals surface area contributed by atoms with E-state index in [2.05, 4.69) is 21.2 Å². The average Bonchev–Trinajstić information content (AvgIpc) is 2.60. The molecule has 0 spiro atoms. The molecule has 0 bridgehead atoms. The molecular formula is C19H19BrFNO2. The van der Waals surface area contributed by atoms with Gasteiger partial charge in [-0.25, -0.2) is 4.39 Å². The molecule has 0 atom stereocenters. The Kier molecular flexibility index (Phi) is 5.31. The largest absolute Gasteiger partial charge is 0.381 e. The van der Waals surface area contributed by atoms with E-state index in [-0.39, 0.29) is 11.7 Å². The number of carbonyl (C=O) groups is 1. The Bertz CT molecular complexity index is 729. The predicted octanol–water partition coefficient (Wildman–Crippen LogP) is 3.95. The van der Waals surface area contributed by atoms with Gasteiger partial charge in [0, 0.05) is 24.2 Å². The van der Waals surface area contributed by atoms with E-state index in [1.807, 2.05) is 30.3 Å². The van der Waals surface area contributed by atoms with Gasteiger partial charge in [-0.05, 0) is 48.2 Å². The van der Waals surface area contributed by atoms with Crippen LogP contribution in [0.4, 0.5) is 4.39 Å². The molecule has 3 nitrogen and oxygen atoms in total. The number of hydrogen-bond acceptors (Lipinski definition) is 2. The molecule has 1 N–H and O–H groups in total. The third-order valence-electron chi connectivity index (χ3n) is 4.50. The van der Waals surface area contributed by atoms with Crippen LogP contribution in [0.3, 0.4) is 0 Å². The third kappa shape index (κ3) is 3.68. The highest BCUT2D eigenvalue weighted by atomic mass is 79.9. The first kappa shape index (κ1) is 17.1. The lowest BCUT2D eigenvalue weighted by Gasteiger charge is -2.36. The molecule has 126 valence electrons. The van der Waals surface area contributed by atoms with E-state index in [1.165, 1.54) is 12.1 Å². The Morgan fingerprint density at radius 2 is 1.92 bits per heavy atom. The summed E-state index contributed by atoms with van der Waals surface area (Å²) in [4.78, 5) is 13.0. The maximum atomic E-state index is 13.7. The first-order valence-corrected chi connectivity index (χ1v) is 8.76. The summed E-state index contributed by atoms with van der Waals surface area (Å²) in [6, 6.07) is 14.2. The molecule has 1 fully saturated rings. The highest BCUT2D eigenvalue weighted by Gasteiger charge is 2.41. The highest BCUT2D eigenvalue weighted by molar-refractivity contribution is 9.10. The summed E-state index contributed by atoms with van der Waals surface area (Å²) in [7, 11) is 0. The van der Waals surface area contributed by atoms with Crippen molar-refractivity contribution in [3.63, 3.8) is 0 Å². The molecule has 0 radical (unpaired) electrons. The van der Waals surface area contributed by atoms with Crippen molar-refractivity contribution >= 4 is 21.8 Å². The average molecular weight is 392 g/mol. The van der Waals surface area contributed by atoms with Crippen molar-refractivity contribution in [3.05, 3.63) is 69.9 Å². The van der Waals surface area contributed by atoms with Crippen molar-refractivity contribution in [1.29, 1.82) is 0 Å². The SMILES string of the molecule is O=C(NCc1cccc(Br)c1)C1(c2cccc(F)c2)CCOCC1. The molecule has 0 aromatic heterocycles. The number of halogens is 2. The molecule has 0 unspecified atom stereocenters. The van der Waals surface area contributed by atoms with E-state index in [0.29, 0.717) is 32.6 Å². The minimum absolute atomic E-state index is 0.0728. The molecule has 0 aliphatic carbocycles. The lowest BCUT2D eigenvalue weighted by molar-refractivity contribution is -0.130. The first-order chi connectivity index (χ1) is 11.6.